The molecule has 0 aromatic carbocycles. The number of anilines is 1. The van der Waals surface area contributed by atoms with Crippen molar-refractivity contribution in [3.05, 3.63) is 41.9 Å². The Kier molecular flexibility index (Phi) is 5.18. The second-order valence-corrected chi connectivity index (χ2v) is 7.23. The van der Waals surface area contributed by atoms with Crippen LogP contribution in [0.2, 0.25) is 0 Å². The Morgan fingerprint density at radius 1 is 1.29 bits per heavy atom. The first-order valence-electron chi connectivity index (χ1n) is 9.93. The molecule has 1 unspecified atom stereocenters. The molecular weight excluding hydrogens is 400 g/mol. The standard InChI is InChI=1S/C20H22N8O3/c1-29-15-4-6-22-16(15)17-18-19(25-20(21)24-17)28(27-26-18)9-13-3-2-12(8-23-13)10-31-14-5-7-30-11-14/h2-4,6,8,14,22H,5,7,9-11H2,1H3,(H2,21,24,25). The fourth-order valence-corrected chi connectivity index (χ4v) is 3.51. The second-order valence-electron chi connectivity index (χ2n) is 7.23. The molecule has 5 rings (SSSR count). The lowest BCUT2D eigenvalue weighted by atomic mass is 10.2. The smallest absolute Gasteiger partial charge is 0.222 e. The van der Waals surface area contributed by atoms with Crippen LogP contribution in [-0.2, 0) is 22.6 Å². The first kappa shape index (κ1) is 19.4. The predicted molar refractivity (Wildman–Crippen MR) is 111 cm³/mol. The van der Waals surface area contributed by atoms with E-state index in [0.29, 0.717) is 48.1 Å². The Morgan fingerprint density at radius 2 is 2.23 bits per heavy atom. The normalized spacial score (nSPS) is 16.2. The van der Waals surface area contributed by atoms with Gasteiger partial charge in [0.1, 0.15) is 17.1 Å². The number of nitrogens with zero attached hydrogens (tertiary/aromatic N) is 6. The molecule has 0 aliphatic carbocycles. The van der Waals surface area contributed by atoms with Gasteiger partial charge in [0.05, 0.1) is 38.7 Å². The minimum Gasteiger partial charge on any atom is -0.494 e. The number of aromatic nitrogens is 7. The van der Waals surface area contributed by atoms with Gasteiger partial charge in [0.25, 0.3) is 0 Å². The van der Waals surface area contributed by atoms with Crippen molar-refractivity contribution >= 4 is 17.1 Å². The number of hydrogen-bond donors (Lipinski definition) is 2. The minimum absolute atomic E-state index is 0.124. The van der Waals surface area contributed by atoms with Gasteiger partial charge in [-0.05, 0) is 24.1 Å². The summed E-state index contributed by atoms with van der Waals surface area (Å²) < 4.78 is 18.2. The Balaban J connectivity index is 1.37. The number of H-pyrrole nitrogens is 1. The highest BCUT2D eigenvalue weighted by atomic mass is 16.5. The molecular formula is C20H22N8O3. The fourth-order valence-electron chi connectivity index (χ4n) is 3.51. The van der Waals surface area contributed by atoms with Crippen LogP contribution in [-0.4, -0.2) is 61.4 Å². The van der Waals surface area contributed by atoms with Gasteiger partial charge in [0.15, 0.2) is 11.2 Å². The zero-order valence-electron chi connectivity index (χ0n) is 17.0. The van der Waals surface area contributed by atoms with E-state index in [-0.39, 0.29) is 12.1 Å². The summed E-state index contributed by atoms with van der Waals surface area (Å²) in [6.07, 6.45) is 4.67. The van der Waals surface area contributed by atoms with E-state index in [1.807, 2.05) is 18.3 Å². The molecule has 4 aromatic rings. The van der Waals surface area contributed by atoms with E-state index >= 15 is 0 Å². The molecule has 5 heterocycles. The van der Waals surface area contributed by atoms with Gasteiger partial charge in [0, 0.05) is 19.0 Å². The molecule has 31 heavy (non-hydrogen) atoms. The van der Waals surface area contributed by atoms with Gasteiger partial charge in [-0.2, -0.15) is 4.98 Å². The van der Waals surface area contributed by atoms with Crippen molar-refractivity contribution in [2.24, 2.45) is 0 Å². The van der Waals surface area contributed by atoms with Crippen LogP contribution in [0.1, 0.15) is 17.7 Å². The maximum absolute atomic E-state index is 5.96. The maximum atomic E-state index is 5.96. The Hall–Kier alpha value is -3.57. The maximum Gasteiger partial charge on any atom is 0.222 e. The number of pyridine rings is 1. The SMILES string of the molecule is COc1cc[nH]c1-c1nc(N)nc2c1nnn2Cc1ccc(COC2CCOC2)cn1. The van der Waals surface area contributed by atoms with Crippen LogP contribution in [0.5, 0.6) is 5.75 Å². The van der Waals surface area contributed by atoms with Crippen LogP contribution in [0, 0.1) is 0 Å². The van der Waals surface area contributed by atoms with Crippen LogP contribution < -0.4 is 10.5 Å². The van der Waals surface area contributed by atoms with Gasteiger partial charge < -0.3 is 24.9 Å². The number of hydrogen-bond acceptors (Lipinski definition) is 9. The molecule has 0 radical (unpaired) electrons. The van der Waals surface area contributed by atoms with Gasteiger partial charge >= 0.3 is 0 Å². The highest BCUT2D eigenvalue weighted by Crippen LogP contribution is 2.31. The Bertz CT molecular complexity index is 1180. The van der Waals surface area contributed by atoms with Crippen LogP contribution in [0.4, 0.5) is 5.95 Å². The molecule has 1 fully saturated rings. The summed E-state index contributed by atoms with van der Waals surface area (Å²) in [6.45, 7) is 2.33. The molecule has 0 saturated carbocycles. The van der Waals surface area contributed by atoms with Crippen molar-refractivity contribution in [2.75, 3.05) is 26.1 Å². The first-order chi connectivity index (χ1) is 15.2. The second kappa shape index (κ2) is 8.28. The van der Waals surface area contributed by atoms with E-state index in [1.165, 1.54) is 0 Å². The zero-order chi connectivity index (χ0) is 21.2. The summed E-state index contributed by atoms with van der Waals surface area (Å²) in [5.41, 5.74) is 10.0. The van der Waals surface area contributed by atoms with Crippen molar-refractivity contribution in [1.82, 2.24) is 34.9 Å². The molecule has 3 N–H and O–H groups in total. The topological polar surface area (TPSA) is 139 Å². The van der Waals surface area contributed by atoms with Crippen molar-refractivity contribution in [3.8, 4) is 17.1 Å². The van der Waals surface area contributed by atoms with E-state index in [9.17, 15) is 0 Å². The number of fused-ring (bicyclic) bond motifs is 1. The Morgan fingerprint density at radius 3 is 3.00 bits per heavy atom. The molecule has 0 bridgehead atoms. The summed E-state index contributed by atoms with van der Waals surface area (Å²) in [7, 11) is 1.59. The molecule has 0 amide bonds. The average Bonchev–Trinajstić information content (AvgIpc) is 3.54. The average molecular weight is 422 g/mol. The van der Waals surface area contributed by atoms with Crippen molar-refractivity contribution in [2.45, 2.75) is 25.7 Å². The quantitative estimate of drug-likeness (QED) is 0.454. The molecule has 1 aliphatic rings. The molecule has 1 atom stereocenters. The lowest BCUT2D eigenvalue weighted by Gasteiger charge is -2.10. The summed E-state index contributed by atoms with van der Waals surface area (Å²) in [5, 5.41) is 8.52. The van der Waals surface area contributed by atoms with Gasteiger partial charge in [-0.1, -0.05) is 11.3 Å². The van der Waals surface area contributed by atoms with Crippen LogP contribution in [0.3, 0.4) is 0 Å². The molecule has 1 saturated heterocycles. The third kappa shape index (κ3) is 3.92. The number of aromatic amines is 1. The third-order valence-electron chi connectivity index (χ3n) is 5.12. The van der Waals surface area contributed by atoms with E-state index in [4.69, 9.17) is 19.9 Å². The first-order valence-corrected chi connectivity index (χ1v) is 9.93. The van der Waals surface area contributed by atoms with Crippen LogP contribution >= 0.6 is 0 Å². The van der Waals surface area contributed by atoms with Gasteiger partial charge in [0.2, 0.25) is 5.95 Å². The third-order valence-corrected chi connectivity index (χ3v) is 5.12. The lowest BCUT2D eigenvalue weighted by Crippen LogP contribution is -2.12. The number of nitrogen functional groups attached to an aromatic ring is 1. The van der Waals surface area contributed by atoms with Crippen molar-refractivity contribution in [3.63, 3.8) is 0 Å². The number of rotatable bonds is 7. The summed E-state index contributed by atoms with van der Waals surface area (Å²) >= 11 is 0. The van der Waals surface area contributed by atoms with Crippen LogP contribution in [0.25, 0.3) is 22.6 Å². The molecule has 11 heteroatoms. The van der Waals surface area contributed by atoms with E-state index in [2.05, 4.69) is 30.2 Å². The molecule has 0 spiro atoms. The molecule has 1 aliphatic heterocycles. The molecule has 4 aromatic heterocycles. The molecule has 160 valence electrons. The highest BCUT2D eigenvalue weighted by molar-refractivity contribution is 5.88. The van der Waals surface area contributed by atoms with Gasteiger partial charge in [-0.25, -0.2) is 9.67 Å². The minimum atomic E-state index is 0.124. The zero-order valence-corrected chi connectivity index (χ0v) is 17.0. The number of ether oxygens (including phenoxy) is 3. The van der Waals surface area contributed by atoms with Gasteiger partial charge in [-0.15, -0.1) is 5.10 Å². The fraction of sp³-hybridized carbons (Fsp3) is 0.350. The van der Waals surface area contributed by atoms with E-state index in [0.717, 1.165) is 24.3 Å². The monoisotopic (exact) mass is 422 g/mol. The predicted octanol–water partition coefficient (Wildman–Crippen LogP) is 1.56. The van der Waals surface area contributed by atoms with E-state index < -0.39 is 0 Å². The highest BCUT2D eigenvalue weighted by Gasteiger charge is 2.19. The Labute approximate surface area is 177 Å². The largest absolute Gasteiger partial charge is 0.494 e. The summed E-state index contributed by atoms with van der Waals surface area (Å²) in [4.78, 5) is 16.3. The number of nitrogens with one attached hydrogen (secondary N) is 1. The van der Waals surface area contributed by atoms with Crippen LogP contribution in [0.15, 0.2) is 30.6 Å². The summed E-state index contributed by atoms with van der Waals surface area (Å²) in [5.74, 6) is 0.761. The van der Waals surface area contributed by atoms with Crippen molar-refractivity contribution < 1.29 is 14.2 Å². The van der Waals surface area contributed by atoms with E-state index in [1.54, 1.807) is 24.1 Å². The number of methoxy groups -OCH3 is 1. The molecule has 11 nitrogen and oxygen atoms in total. The lowest BCUT2D eigenvalue weighted by molar-refractivity contribution is 0.0316. The van der Waals surface area contributed by atoms with Crippen molar-refractivity contribution in [1.29, 1.82) is 0 Å². The van der Waals surface area contributed by atoms with Gasteiger partial charge in [-0.3, -0.25) is 4.98 Å². The summed E-state index contributed by atoms with van der Waals surface area (Å²) in [6, 6.07) is 5.74. The number of nitrogens with two attached hydrogens (primary N) is 1.